The highest BCUT2D eigenvalue weighted by molar-refractivity contribution is 5.39. The SMILES string of the molecule is C=CC(OC=O)c1ccccc1. The zero-order valence-electron chi connectivity index (χ0n) is 6.64. The van der Waals surface area contributed by atoms with Crippen LogP contribution in [0.1, 0.15) is 11.7 Å². The maximum Gasteiger partial charge on any atom is 0.294 e. The molecule has 0 saturated heterocycles. The predicted molar refractivity (Wildman–Crippen MR) is 46.5 cm³/mol. The fraction of sp³-hybridized carbons (Fsp3) is 0.100. The second kappa shape index (κ2) is 4.34. The molecule has 12 heavy (non-hydrogen) atoms. The third kappa shape index (κ3) is 1.95. The normalized spacial score (nSPS) is 11.7. The Labute approximate surface area is 71.5 Å². The third-order valence-corrected chi connectivity index (χ3v) is 1.54. The van der Waals surface area contributed by atoms with Gasteiger partial charge in [0.05, 0.1) is 0 Å². The molecule has 2 nitrogen and oxygen atoms in total. The summed E-state index contributed by atoms with van der Waals surface area (Å²) in [5.74, 6) is 0. The highest BCUT2D eigenvalue weighted by Crippen LogP contribution is 2.16. The van der Waals surface area contributed by atoms with E-state index in [-0.39, 0.29) is 6.10 Å². The summed E-state index contributed by atoms with van der Waals surface area (Å²) in [5, 5.41) is 0. The second-order valence-corrected chi connectivity index (χ2v) is 2.30. The highest BCUT2D eigenvalue weighted by atomic mass is 16.5. The predicted octanol–water partition coefficient (Wildman–Crippen LogP) is 2.09. The number of benzene rings is 1. The van der Waals surface area contributed by atoms with Crippen molar-refractivity contribution >= 4 is 6.47 Å². The van der Waals surface area contributed by atoms with Crippen LogP contribution < -0.4 is 0 Å². The summed E-state index contributed by atoms with van der Waals surface area (Å²) in [4.78, 5) is 10.1. The van der Waals surface area contributed by atoms with Gasteiger partial charge in [-0.2, -0.15) is 0 Å². The van der Waals surface area contributed by atoms with Crippen LogP contribution in [0.25, 0.3) is 0 Å². The first-order chi connectivity index (χ1) is 5.88. The minimum absolute atomic E-state index is 0.330. The van der Waals surface area contributed by atoms with Gasteiger partial charge in [0.1, 0.15) is 6.10 Å². The molecule has 0 amide bonds. The van der Waals surface area contributed by atoms with Crippen LogP contribution in [0, 0.1) is 0 Å². The molecule has 0 spiro atoms. The zero-order chi connectivity index (χ0) is 8.81. The molecule has 0 heterocycles. The number of carbonyl (C=O) groups excluding carboxylic acids is 1. The van der Waals surface area contributed by atoms with Crippen LogP contribution in [0.4, 0.5) is 0 Å². The molecule has 0 N–H and O–H groups in total. The van der Waals surface area contributed by atoms with Gasteiger partial charge in [-0.1, -0.05) is 36.9 Å². The van der Waals surface area contributed by atoms with Crippen molar-refractivity contribution in [3.63, 3.8) is 0 Å². The Balaban J connectivity index is 2.79. The average molecular weight is 162 g/mol. The zero-order valence-corrected chi connectivity index (χ0v) is 6.64. The molecular formula is C10H10O2. The first-order valence-corrected chi connectivity index (χ1v) is 3.65. The van der Waals surface area contributed by atoms with E-state index in [2.05, 4.69) is 6.58 Å². The first-order valence-electron chi connectivity index (χ1n) is 3.65. The van der Waals surface area contributed by atoms with Crippen molar-refractivity contribution in [1.82, 2.24) is 0 Å². The molecule has 0 bridgehead atoms. The number of carbonyl (C=O) groups is 1. The average Bonchev–Trinajstić information content (AvgIpc) is 2.15. The maximum absolute atomic E-state index is 10.1. The van der Waals surface area contributed by atoms with Gasteiger partial charge in [-0.15, -0.1) is 0 Å². The van der Waals surface area contributed by atoms with Crippen molar-refractivity contribution in [2.45, 2.75) is 6.10 Å². The van der Waals surface area contributed by atoms with E-state index in [1.54, 1.807) is 6.08 Å². The molecule has 0 aliphatic carbocycles. The summed E-state index contributed by atoms with van der Waals surface area (Å²) in [7, 11) is 0. The van der Waals surface area contributed by atoms with E-state index in [9.17, 15) is 4.79 Å². The third-order valence-electron chi connectivity index (χ3n) is 1.54. The van der Waals surface area contributed by atoms with Crippen molar-refractivity contribution in [2.24, 2.45) is 0 Å². The summed E-state index contributed by atoms with van der Waals surface area (Å²) in [6.07, 6.45) is 1.26. The molecular weight excluding hydrogens is 152 g/mol. The molecule has 1 aromatic rings. The Morgan fingerprint density at radius 1 is 1.33 bits per heavy atom. The van der Waals surface area contributed by atoms with Crippen molar-refractivity contribution in [1.29, 1.82) is 0 Å². The number of hydrogen-bond donors (Lipinski definition) is 0. The lowest BCUT2D eigenvalue weighted by atomic mass is 10.1. The van der Waals surface area contributed by atoms with Gasteiger partial charge in [0, 0.05) is 0 Å². The lowest BCUT2D eigenvalue weighted by Crippen LogP contribution is -1.98. The second-order valence-electron chi connectivity index (χ2n) is 2.30. The van der Waals surface area contributed by atoms with E-state index in [4.69, 9.17) is 4.74 Å². The van der Waals surface area contributed by atoms with Crippen LogP contribution in [0.2, 0.25) is 0 Å². The monoisotopic (exact) mass is 162 g/mol. The molecule has 1 unspecified atom stereocenters. The molecule has 0 aliphatic heterocycles. The van der Waals surface area contributed by atoms with Crippen molar-refractivity contribution < 1.29 is 9.53 Å². The van der Waals surface area contributed by atoms with Crippen LogP contribution in [0.5, 0.6) is 0 Å². The summed E-state index contributed by atoms with van der Waals surface area (Å²) in [6.45, 7) is 4.00. The van der Waals surface area contributed by atoms with Gasteiger partial charge < -0.3 is 4.74 Å². The summed E-state index contributed by atoms with van der Waals surface area (Å²) in [6, 6.07) is 9.45. The van der Waals surface area contributed by atoms with Crippen molar-refractivity contribution in [3.05, 3.63) is 48.6 Å². The molecule has 1 atom stereocenters. The standard InChI is InChI=1S/C10H10O2/c1-2-10(12-8-11)9-6-4-3-5-7-9/h2-8,10H,1H2. The minimum Gasteiger partial charge on any atom is -0.455 e. The van der Waals surface area contributed by atoms with E-state index >= 15 is 0 Å². The highest BCUT2D eigenvalue weighted by Gasteiger charge is 2.05. The van der Waals surface area contributed by atoms with Crippen LogP contribution >= 0.6 is 0 Å². The van der Waals surface area contributed by atoms with E-state index in [1.807, 2.05) is 30.3 Å². The molecule has 62 valence electrons. The molecule has 1 rings (SSSR count). The minimum atomic E-state index is -0.330. The molecule has 0 aromatic heterocycles. The van der Waals surface area contributed by atoms with E-state index in [0.717, 1.165) is 5.56 Å². The summed E-state index contributed by atoms with van der Waals surface area (Å²) in [5.41, 5.74) is 0.930. The van der Waals surface area contributed by atoms with Crippen molar-refractivity contribution in [2.75, 3.05) is 0 Å². The lowest BCUT2D eigenvalue weighted by Gasteiger charge is -2.09. The first kappa shape index (κ1) is 8.53. The maximum atomic E-state index is 10.1. The molecule has 1 aromatic carbocycles. The van der Waals surface area contributed by atoms with Gasteiger partial charge >= 0.3 is 0 Å². The van der Waals surface area contributed by atoms with Gasteiger partial charge in [-0.25, -0.2) is 0 Å². The van der Waals surface area contributed by atoms with Crippen LogP contribution in [0.15, 0.2) is 43.0 Å². The van der Waals surface area contributed by atoms with E-state index in [0.29, 0.717) is 6.47 Å². The molecule has 0 aliphatic rings. The summed E-state index contributed by atoms with van der Waals surface area (Å²) < 4.78 is 4.78. The Morgan fingerprint density at radius 3 is 2.50 bits per heavy atom. The fourth-order valence-corrected chi connectivity index (χ4v) is 0.973. The van der Waals surface area contributed by atoms with Gasteiger partial charge in [-0.05, 0) is 11.6 Å². The molecule has 0 radical (unpaired) electrons. The Kier molecular flexibility index (Phi) is 3.08. The molecule has 0 fully saturated rings. The van der Waals surface area contributed by atoms with Crippen molar-refractivity contribution in [3.8, 4) is 0 Å². The molecule has 2 heteroatoms. The van der Waals surface area contributed by atoms with E-state index in [1.165, 1.54) is 0 Å². The number of rotatable bonds is 4. The molecule has 0 saturated carbocycles. The van der Waals surface area contributed by atoms with Crippen LogP contribution in [0.3, 0.4) is 0 Å². The largest absolute Gasteiger partial charge is 0.455 e. The summed E-state index contributed by atoms with van der Waals surface area (Å²) >= 11 is 0. The lowest BCUT2D eigenvalue weighted by molar-refractivity contribution is -0.131. The fourth-order valence-electron chi connectivity index (χ4n) is 0.973. The Morgan fingerprint density at radius 2 is 2.00 bits per heavy atom. The number of hydrogen-bond acceptors (Lipinski definition) is 2. The topological polar surface area (TPSA) is 26.3 Å². The van der Waals surface area contributed by atoms with Gasteiger partial charge in [0.25, 0.3) is 6.47 Å². The smallest absolute Gasteiger partial charge is 0.294 e. The van der Waals surface area contributed by atoms with Crippen LogP contribution in [-0.4, -0.2) is 6.47 Å². The quantitative estimate of drug-likeness (QED) is 0.500. The Bertz CT molecular complexity index is 254. The van der Waals surface area contributed by atoms with Gasteiger partial charge in [0.15, 0.2) is 0 Å². The van der Waals surface area contributed by atoms with Gasteiger partial charge in [-0.3, -0.25) is 4.79 Å². The number of ether oxygens (including phenoxy) is 1. The van der Waals surface area contributed by atoms with Gasteiger partial charge in [0.2, 0.25) is 0 Å². The van der Waals surface area contributed by atoms with Crippen LogP contribution in [-0.2, 0) is 9.53 Å². The Hall–Kier alpha value is -1.57. The van der Waals surface area contributed by atoms with E-state index < -0.39 is 0 Å².